The highest BCUT2D eigenvalue weighted by Gasteiger charge is 2.06. The van der Waals surface area contributed by atoms with Gasteiger partial charge in [-0.05, 0) is 12.2 Å². The molecule has 2 heteroatoms. The van der Waals surface area contributed by atoms with Gasteiger partial charge in [0, 0.05) is 0 Å². The van der Waals surface area contributed by atoms with Crippen LogP contribution in [0.5, 0.6) is 0 Å². The molecule has 0 aromatic rings. The van der Waals surface area contributed by atoms with Crippen LogP contribution in [-0.2, 0) is 0 Å². The Labute approximate surface area is 115 Å². The van der Waals surface area contributed by atoms with Crippen molar-refractivity contribution < 1.29 is 0 Å². The van der Waals surface area contributed by atoms with E-state index in [9.17, 15) is 0 Å². The maximum Gasteiger partial charge on any atom is 0.129 e. The molecule has 0 unspecified atom stereocenters. The van der Waals surface area contributed by atoms with Crippen LogP contribution in [0.4, 0.5) is 0 Å². The van der Waals surface area contributed by atoms with Crippen molar-refractivity contribution >= 4 is 16.1 Å². The van der Waals surface area contributed by atoms with Gasteiger partial charge in [0.25, 0.3) is 0 Å². The molecule has 0 nitrogen and oxygen atoms in total. The van der Waals surface area contributed by atoms with Crippen LogP contribution in [0.15, 0.2) is 36.5 Å². The molecule has 96 valence electrons. The molecule has 0 aromatic heterocycles. The summed E-state index contributed by atoms with van der Waals surface area (Å²) in [5.74, 6) is 6.16. The minimum atomic E-state index is -1.23. The van der Waals surface area contributed by atoms with Crippen molar-refractivity contribution in [3.8, 4) is 22.9 Å². The molecule has 0 heterocycles. The Bertz CT molecular complexity index is 400. The van der Waals surface area contributed by atoms with Crippen molar-refractivity contribution in [3.05, 3.63) is 36.5 Å². The first-order chi connectivity index (χ1) is 8.21. The Balaban J connectivity index is 4.12. The molecule has 0 aromatic carbocycles. The zero-order valence-electron chi connectivity index (χ0n) is 12.5. The zero-order chi connectivity index (χ0) is 14.1. The first-order valence-corrected chi connectivity index (χ1v) is 13.2. The summed E-state index contributed by atoms with van der Waals surface area (Å²) in [4.78, 5) is 0. The predicted octanol–water partition coefficient (Wildman–Crippen LogP) is 4.42. The van der Waals surface area contributed by atoms with Crippen molar-refractivity contribution in [2.45, 2.75) is 39.3 Å². The second kappa shape index (κ2) is 7.98. The number of hydrogen-bond donors (Lipinski definition) is 0. The molecule has 0 rings (SSSR count). The van der Waals surface area contributed by atoms with E-state index in [0.29, 0.717) is 0 Å². The van der Waals surface area contributed by atoms with Gasteiger partial charge in [0.05, 0.1) is 0 Å². The Kier molecular flexibility index (Phi) is 7.43. The van der Waals surface area contributed by atoms with Crippen molar-refractivity contribution in [1.29, 1.82) is 0 Å². The van der Waals surface area contributed by atoms with E-state index >= 15 is 0 Å². The van der Waals surface area contributed by atoms with Gasteiger partial charge in [-0.1, -0.05) is 75.4 Å². The molecule has 0 saturated carbocycles. The molecule has 0 fully saturated rings. The van der Waals surface area contributed by atoms with Crippen molar-refractivity contribution in [3.63, 3.8) is 0 Å². The molecule has 0 saturated heterocycles. The van der Waals surface area contributed by atoms with E-state index in [1.807, 2.05) is 36.5 Å². The Morgan fingerprint density at radius 2 is 0.889 bits per heavy atom. The van der Waals surface area contributed by atoms with Gasteiger partial charge in [-0.2, -0.15) is 0 Å². The number of rotatable bonds is 2. The van der Waals surface area contributed by atoms with Gasteiger partial charge < -0.3 is 0 Å². The summed E-state index contributed by atoms with van der Waals surface area (Å²) in [7, 11) is -2.45. The standard InChI is InChI=1S/C16H24Si2/c1-17(2,3)15-13-11-9-7-8-10-12-14-16-18(4,5)6/h7-12H,1-6H3/b8-7+,11-9-,12-10+. The molecule has 0 aliphatic rings. The lowest BCUT2D eigenvalue weighted by molar-refractivity contribution is 1.81. The molecule has 0 N–H and O–H groups in total. The van der Waals surface area contributed by atoms with Gasteiger partial charge in [0.15, 0.2) is 0 Å². The average Bonchev–Trinajstić information content (AvgIpc) is 2.17. The summed E-state index contributed by atoms with van der Waals surface area (Å²) < 4.78 is 0. The lowest BCUT2D eigenvalue weighted by atomic mass is 10.4. The SMILES string of the molecule is C[Si](C)(C)C#C\C=C/C=C/C=C/C#C[Si](C)(C)C. The molecule has 0 aliphatic carbocycles. The Morgan fingerprint density at radius 3 is 1.17 bits per heavy atom. The molecule has 18 heavy (non-hydrogen) atoms. The fourth-order valence-corrected chi connectivity index (χ4v) is 1.88. The van der Waals surface area contributed by atoms with E-state index in [1.54, 1.807) is 0 Å². The molecule has 0 amide bonds. The van der Waals surface area contributed by atoms with Crippen molar-refractivity contribution in [1.82, 2.24) is 0 Å². The van der Waals surface area contributed by atoms with Crippen LogP contribution in [-0.4, -0.2) is 16.1 Å². The fourth-order valence-electron chi connectivity index (χ4n) is 0.852. The fraction of sp³-hybridized carbons (Fsp3) is 0.375. The highest BCUT2D eigenvalue weighted by molar-refractivity contribution is 6.84. The highest BCUT2D eigenvalue weighted by Crippen LogP contribution is 1.96. The average molecular weight is 273 g/mol. The molecule has 0 spiro atoms. The van der Waals surface area contributed by atoms with Crippen LogP contribution >= 0.6 is 0 Å². The second-order valence-electron chi connectivity index (χ2n) is 6.14. The monoisotopic (exact) mass is 272 g/mol. The van der Waals surface area contributed by atoms with Crippen LogP contribution < -0.4 is 0 Å². The normalized spacial score (nSPS) is 12.6. The van der Waals surface area contributed by atoms with Crippen LogP contribution in [0, 0.1) is 22.9 Å². The summed E-state index contributed by atoms with van der Waals surface area (Å²) >= 11 is 0. The highest BCUT2D eigenvalue weighted by atomic mass is 28.3. The van der Waals surface area contributed by atoms with Crippen LogP contribution in [0.25, 0.3) is 0 Å². The van der Waals surface area contributed by atoms with E-state index < -0.39 is 16.1 Å². The quantitative estimate of drug-likeness (QED) is 0.397. The lowest BCUT2D eigenvalue weighted by Crippen LogP contribution is -2.16. The van der Waals surface area contributed by atoms with Crippen LogP contribution in [0.2, 0.25) is 39.3 Å². The lowest BCUT2D eigenvalue weighted by Gasteiger charge is -2.01. The third-order valence-corrected chi connectivity index (χ3v) is 3.38. The smallest absolute Gasteiger partial charge is 0.127 e. The second-order valence-corrected chi connectivity index (χ2v) is 15.6. The van der Waals surface area contributed by atoms with Gasteiger partial charge in [-0.3, -0.25) is 0 Å². The Morgan fingerprint density at radius 1 is 0.556 bits per heavy atom. The molecule has 0 aliphatic heterocycles. The minimum Gasteiger partial charge on any atom is -0.127 e. The van der Waals surface area contributed by atoms with Crippen molar-refractivity contribution in [2.24, 2.45) is 0 Å². The van der Waals surface area contributed by atoms with Crippen LogP contribution in [0.3, 0.4) is 0 Å². The van der Waals surface area contributed by atoms with Gasteiger partial charge >= 0.3 is 0 Å². The largest absolute Gasteiger partial charge is 0.129 e. The molecule has 0 radical (unpaired) electrons. The minimum absolute atomic E-state index is 1.23. The van der Waals surface area contributed by atoms with Gasteiger partial charge in [0.1, 0.15) is 16.1 Å². The number of hydrogen-bond acceptors (Lipinski definition) is 0. The van der Waals surface area contributed by atoms with E-state index in [0.717, 1.165) is 0 Å². The number of allylic oxidation sites excluding steroid dienone is 6. The first kappa shape index (κ1) is 16.8. The van der Waals surface area contributed by atoms with Gasteiger partial charge in [-0.25, -0.2) is 0 Å². The zero-order valence-corrected chi connectivity index (χ0v) is 14.5. The van der Waals surface area contributed by atoms with Crippen molar-refractivity contribution in [2.75, 3.05) is 0 Å². The molecule has 0 atom stereocenters. The maximum atomic E-state index is 3.28. The third kappa shape index (κ3) is 14.8. The van der Waals surface area contributed by atoms with E-state index in [-0.39, 0.29) is 0 Å². The van der Waals surface area contributed by atoms with Gasteiger partial charge in [-0.15, -0.1) is 11.1 Å². The van der Waals surface area contributed by atoms with E-state index in [1.165, 1.54) is 0 Å². The third-order valence-electron chi connectivity index (χ3n) is 1.59. The van der Waals surface area contributed by atoms with Gasteiger partial charge in [0.2, 0.25) is 0 Å². The molecule has 0 bridgehead atoms. The van der Waals surface area contributed by atoms with E-state index in [4.69, 9.17) is 0 Å². The first-order valence-electron chi connectivity index (χ1n) is 6.24. The summed E-state index contributed by atoms with van der Waals surface area (Å²) in [6, 6.07) is 0. The van der Waals surface area contributed by atoms with Crippen LogP contribution in [0.1, 0.15) is 0 Å². The molecular weight excluding hydrogens is 248 g/mol. The Hall–Kier alpha value is -1.23. The summed E-state index contributed by atoms with van der Waals surface area (Å²) in [6.07, 6.45) is 11.7. The topological polar surface area (TPSA) is 0 Å². The summed E-state index contributed by atoms with van der Waals surface area (Å²) in [6.45, 7) is 13.4. The molecular formula is C16H24Si2. The predicted molar refractivity (Wildman–Crippen MR) is 89.7 cm³/mol. The summed E-state index contributed by atoms with van der Waals surface area (Å²) in [5, 5.41) is 0. The maximum absolute atomic E-state index is 3.28. The summed E-state index contributed by atoms with van der Waals surface area (Å²) in [5.41, 5.74) is 6.56. The van der Waals surface area contributed by atoms with E-state index in [2.05, 4.69) is 62.2 Å².